The predicted octanol–water partition coefficient (Wildman–Crippen LogP) is 2.85. The molecule has 7 heteroatoms. The molecule has 0 N–H and O–H groups in total. The van der Waals surface area contributed by atoms with Crippen LogP contribution in [0.15, 0.2) is 24.4 Å². The molecule has 27 heavy (non-hydrogen) atoms. The monoisotopic (exact) mass is 372 g/mol. The second kappa shape index (κ2) is 6.80. The Morgan fingerprint density at radius 2 is 2.00 bits per heavy atom. The van der Waals surface area contributed by atoms with Crippen molar-refractivity contribution in [3.63, 3.8) is 0 Å². The second-order valence-corrected chi connectivity index (χ2v) is 7.51. The summed E-state index contributed by atoms with van der Waals surface area (Å²) >= 11 is 0. The molecule has 0 amide bonds. The number of anilines is 1. The lowest BCUT2D eigenvalue weighted by molar-refractivity contribution is 0.122. The molecule has 0 spiro atoms. The minimum absolute atomic E-state index is 0.181. The Labute approximate surface area is 157 Å². The van der Waals surface area contributed by atoms with Gasteiger partial charge in [-0.25, -0.2) is 18.7 Å². The third kappa shape index (κ3) is 2.99. The third-order valence-electron chi connectivity index (χ3n) is 6.00. The van der Waals surface area contributed by atoms with Crippen LogP contribution in [0.2, 0.25) is 0 Å². The van der Waals surface area contributed by atoms with Gasteiger partial charge in [0.2, 0.25) is 5.95 Å². The van der Waals surface area contributed by atoms with E-state index in [1.165, 1.54) is 6.07 Å². The SMILES string of the molecule is Fc1cccc(CN2[C@H]3CC[C@H]2c2cnc(N4CCOCC4)nc2C3)c1F. The highest BCUT2D eigenvalue weighted by Crippen LogP contribution is 2.44. The van der Waals surface area contributed by atoms with Crippen molar-refractivity contribution in [2.24, 2.45) is 0 Å². The molecule has 1 aromatic heterocycles. The fourth-order valence-electron chi connectivity index (χ4n) is 4.59. The van der Waals surface area contributed by atoms with Crippen LogP contribution in [0.25, 0.3) is 0 Å². The molecule has 0 unspecified atom stereocenters. The number of hydrogen-bond acceptors (Lipinski definition) is 5. The Morgan fingerprint density at radius 1 is 1.15 bits per heavy atom. The number of fused-ring (bicyclic) bond motifs is 4. The molecule has 5 nitrogen and oxygen atoms in total. The minimum atomic E-state index is -0.782. The Hall–Kier alpha value is -2.12. The number of aromatic nitrogens is 2. The Bertz CT molecular complexity index is 856. The maximum absolute atomic E-state index is 14.1. The van der Waals surface area contributed by atoms with Gasteiger partial charge in [-0.3, -0.25) is 4.90 Å². The molecule has 2 bridgehead atoms. The van der Waals surface area contributed by atoms with Crippen molar-refractivity contribution < 1.29 is 13.5 Å². The molecule has 0 aliphatic carbocycles. The zero-order chi connectivity index (χ0) is 18.4. The van der Waals surface area contributed by atoms with E-state index in [1.54, 1.807) is 12.1 Å². The first-order valence-corrected chi connectivity index (χ1v) is 9.58. The van der Waals surface area contributed by atoms with Gasteiger partial charge in [0.1, 0.15) is 0 Å². The van der Waals surface area contributed by atoms with Crippen LogP contribution < -0.4 is 4.90 Å². The number of rotatable bonds is 3. The Balaban J connectivity index is 1.41. The van der Waals surface area contributed by atoms with E-state index < -0.39 is 11.6 Å². The normalized spacial score (nSPS) is 24.9. The lowest BCUT2D eigenvalue weighted by Crippen LogP contribution is -2.40. The minimum Gasteiger partial charge on any atom is -0.378 e. The van der Waals surface area contributed by atoms with Gasteiger partial charge in [-0.2, -0.15) is 0 Å². The van der Waals surface area contributed by atoms with Crippen molar-refractivity contribution in [1.29, 1.82) is 0 Å². The molecule has 0 radical (unpaired) electrons. The molecule has 5 rings (SSSR count). The predicted molar refractivity (Wildman–Crippen MR) is 96.4 cm³/mol. The summed E-state index contributed by atoms with van der Waals surface area (Å²) in [6.45, 7) is 3.47. The molecule has 0 saturated carbocycles. The fourth-order valence-corrected chi connectivity index (χ4v) is 4.59. The molecule has 2 aromatic rings. The second-order valence-electron chi connectivity index (χ2n) is 7.51. The molecule has 142 valence electrons. The summed E-state index contributed by atoms with van der Waals surface area (Å²) in [6.07, 6.45) is 4.83. The maximum Gasteiger partial charge on any atom is 0.225 e. The van der Waals surface area contributed by atoms with Crippen molar-refractivity contribution in [1.82, 2.24) is 14.9 Å². The maximum atomic E-state index is 14.1. The number of halogens is 2. The number of nitrogens with zero attached hydrogens (tertiary/aromatic N) is 4. The smallest absolute Gasteiger partial charge is 0.225 e. The highest BCUT2D eigenvalue weighted by Gasteiger charge is 2.41. The van der Waals surface area contributed by atoms with Gasteiger partial charge in [-0.05, 0) is 18.9 Å². The first kappa shape index (κ1) is 17.0. The summed E-state index contributed by atoms with van der Waals surface area (Å²) in [7, 11) is 0. The highest BCUT2D eigenvalue weighted by molar-refractivity contribution is 5.37. The van der Waals surface area contributed by atoms with E-state index in [0.717, 1.165) is 49.6 Å². The van der Waals surface area contributed by atoms with Crippen LogP contribution in [0.4, 0.5) is 14.7 Å². The molecule has 1 aromatic carbocycles. The van der Waals surface area contributed by atoms with Crippen molar-refractivity contribution in [3.05, 3.63) is 52.9 Å². The van der Waals surface area contributed by atoms with Crippen LogP contribution in [0.1, 0.15) is 35.7 Å². The van der Waals surface area contributed by atoms with Crippen LogP contribution in [0, 0.1) is 11.6 Å². The van der Waals surface area contributed by atoms with Gasteiger partial charge in [-0.15, -0.1) is 0 Å². The third-order valence-corrected chi connectivity index (χ3v) is 6.00. The summed E-state index contributed by atoms with van der Waals surface area (Å²) in [6, 6.07) is 4.91. The van der Waals surface area contributed by atoms with Crippen molar-refractivity contribution in [3.8, 4) is 0 Å². The van der Waals surface area contributed by atoms with Gasteiger partial charge >= 0.3 is 0 Å². The number of hydrogen-bond donors (Lipinski definition) is 0. The number of ether oxygens (including phenoxy) is 1. The van der Waals surface area contributed by atoms with Gasteiger partial charge in [-0.1, -0.05) is 12.1 Å². The molecule has 2 saturated heterocycles. The molecule has 4 heterocycles. The van der Waals surface area contributed by atoms with Gasteiger partial charge in [0.15, 0.2) is 11.6 Å². The summed E-state index contributed by atoms with van der Waals surface area (Å²) in [4.78, 5) is 13.9. The topological polar surface area (TPSA) is 41.5 Å². The van der Waals surface area contributed by atoms with Crippen LogP contribution in [-0.4, -0.2) is 47.2 Å². The first-order chi connectivity index (χ1) is 13.2. The van der Waals surface area contributed by atoms with E-state index in [2.05, 4.69) is 14.8 Å². The molecular formula is C20H22F2N4O. The van der Waals surface area contributed by atoms with Gasteiger partial charge in [0.25, 0.3) is 0 Å². The summed E-state index contributed by atoms with van der Waals surface area (Å²) < 4.78 is 33.1. The summed E-state index contributed by atoms with van der Waals surface area (Å²) in [5.41, 5.74) is 2.66. The quantitative estimate of drug-likeness (QED) is 0.829. The van der Waals surface area contributed by atoms with Crippen molar-refractivity contribution in [2.75, 3.05) is 31.2 Å². The fraction of sp³-hybridized carbons (Fsp3) is 0.500. The van der Waals surface area contributed by atoms with Crippen molar-refractivity contribution >= 4 is 5.95 Å². The molecule has 3 aliphatic heterocycles. The Morgan fingerprint density at radius 3 is 2.85 bits per heavy atom. The van der Waals surface area contributed by atoms with Crippen LogP contribution in [0.3, 0.4) is 0 Å². The molecule has 3 aliphatic rings. The number of benzene rings is 1. The summed E-state index contributed by atoms with van der Waals surface area (Å²) in [5.74, 6) is -0.738. The molecular weight excluding hydrogens is 350 g/mol. The van der Waals surface area contributed by atoms with Crippen molar-refractivity contribution in [2.45, 2.75) is 37.9 Å². The van der Waals surface area contributed by atoms with Crippen LogP contribution >= 0.6 is 0 Å². The van der Waals surface area contributed by atoms with E-state index in [1.807, 2.05) is 6.20 Å². The summed E-state index contributed by atoms with van der Waals surface area (Å²) in [5, 5.41) is 0. The highest BCUT2D eigenvalue weighted by atomic mass is 19.2. The zero-order valence-corrected chi connectivity index (χ0v) is 15.1. The van der Waals surface area contributed by atoms with Gasteiger partial charge in [0.05, 0.1) is 18.9 Å². The average molecular weight is 372 g/mol. The van der Waals surface area contributed by atoms with E-state index in [0.29, 0.717) is 31.4 Å². The average Bonchev–Trinajstić information content (AvgIpc) is 2.97. The Kier molecular flexibility index (Phi) is 4.28. The van der Waals surface area contributed by atoms with E-state index in [9.17, 15) is 8.78 Å². The largest absolute Gasteiger partial charge is 0.378 e. The molecule has 2 fully saturated rings. The van der Waals surface area contributed by atoms with Gasteiger partial charge < -0.3 is 9.64 Å². The van der Waals surface area contributed by atoms with Gasteiger partial charge in [0, 0.05) is 55.5 Å². The van der Waals surface area contributed by atoms with Crippen LogP contribution in [-0.2, 0) is 17.7 Å². The standard InChI is InChI=1S/C20H22F2N4O/c21-16-3-1-2-13(19(16)22)12-26-14-4-5-18(26)15-11-23-20(24-17(15)10-14)25-6-8-27-9-7-25/h1-3,11,14,18H,4-10,12H2/t14-,18-/m0/s1. The molecule has 2 atom stereocenters. The lowest BCUT2D eigenvalue weighted by Gasteiger charge is -2.36. The van der Waals surface area contributed by atoms with E-state index in [4.69, 9.17) is 9.72 Å². The van der Waals surface area contributed by atoms with Crippen LogP contribution in [0.5, 0.6) is 0 Å². The lowest BCUT2D eigenvalue weighted by atomic mass is 9.98. The van der Waals surface area contributed by atoms with E-state index >= 15 is 0 Å². The zero-order valence-electron chi connectivity index (χ0n) is 15.1. The van der Waals surface area contributed by atoms with E-state index in [-0.39, 0.29) is 6.04 Å². The number of morpholine rings is 1. The first-order valence-electron chi connectivity index (χ1n) is 9.58.